The largest absolute Gasteiger partial charge is 0.507 e. The van der Waals surface area contributed by atoms with Gasteiger partial charge in [0.25, 0.3) is 0 Å². The maximum atomic E-state index is 12.1. The molecule has 0 saturated carbocycles. The van der Waals surface area contributed by atoms with Crippen molar-refractivity contribution in [1.82, 2.24) is 5.32 Å². The van der Waals surface area contributed by atoms with Crippen LogP contribution >= 0.6 is 23.1 Å². The number of phenolic OH excluding ortho intramolecular Hbond substituents is 1. The number of para-hydroxylation sites is 1. The molecule has 0 aliphatic carbocycles. The van der Waals surface area contributed by atoms with Gasteiger partial charge in [-0.3, -0.25) is 9.59 Å². The topological polar surface area (TPSA) is 91.1 Å². The van der Waals surface area contributed by atoms with Crippen molar-refractivity contribution in [3.8, 4) is 5.75 Å². The quantitative estimate of drug-likeness (QED) is 0.488. The van der Waals surface area contributed by atoms with Gasteiger partial charge in [-0.05, 0) is 23.6 Å². The SMILES string of the molecule is O=C(CC1S/C(=N\N=C\c2ccccc2O)NC1=O)c1cccs1. The Labute approximate surface area is 146 Å². The predicted octanol–water partition coefficient (Wildman–Crippen LogP) is 2.65. The van der Waals surface area contributed by atoms with Crippen molar-refractivity contribution in [2.75, 3.05) is 0 Å². The highest BCUT2D eigenvalue weighted by molar-refractivity contribution is 8.15. The summed E-state index contributed by atoms with van der Waals surface area (Å²) < 4.78 is 0. The van der Waals surface area contributed by atoms with Crippen LogP contribution in [-0.2, 0) is 4.79 Å². The van der Waals surface area contributed by atoms with Crippen LogP contribution in [0.3, 0.4) is 0 Å². The smallest absolute Gasteiger partial charge is 0.240 e. The fraction of sp³-hybridized carbons (Fsp3) is 0.125. The molecule has 1 aliphatic heterocycles. The number of carbonyl (C=O) groups excluding carboxylic acids is 2. The lowest BCUT2D eigenvalue weighted by Gasteiger charge is -2.02. The van der Waals surface area contributed by atoms with Crippen LogP contribution in [0.5, 0.6) is 5.75 Å². The Kier molecular flexibility index (Phi) is 5.07. The number of nitrogens with one attached hydrogen (secondary N) is 1. The van der Waals surface area contributed by atoms with E-state index in [9.17, 15) is 14.7 Å². The van der Waals surface area contributed by atoms with Crippen LogP contribution in [0.15, 0.2) is 52.0 Å². The second-order valence-corrected chi connectivity index (χ2v) is 7.05. The maximum Gasteiger partial charge on any atom is 0.240 e. The summed E-state index contributed by atoms with van der Waals surface area (Å²) in [4.78, 5) is 24.6. The number of rotatable bonds is 5. The van der Waals surface area contributed by atoms with E-state index in [0.29, 0.717) is 15.6 Å². The minimum Gasteiger partial charge on any atom is -0.507 e. The lowest BCUT2D eigenvalue weighted by molar-refractivity contribution is -0.118. The van der Waals surface area contributed by atoms with Crippen LogP contribution < -0.4 is 5.32 Å². The van der Waals surface area contributed by atoms with Crippen LogP contribution in [0.1, 0.15) is 21.7 Å². The lowest BCUT2D eigenvalue weighted by atomic mass is 10.2. The van der Waals surface area contributed by atoms with Crippen molar-refractivity contribution in [1.29, 1.82) is 0 Å². The highest BCUT2D eigenvalue weighted by atomic mass is 32.2. The second-order valence-electron chi connectivity index (χ2n) is 4.91. The zero-order chi connectivity index (χ0) is 16.9. The summed E-state index contributed by atoms with van der Waals surface area (Å²) >= 11 is 2.54. The number of phenols is 1. The molecule has 1 unspecified atom stereocenters. The number of hydrogen-bond acceptors (Lipinski definition) is 7. The van der Waals surface area contributed by atoms with Gasteiger partial charge < -0.3 is 10.4 Å². The number of benzene rings is 1. The summed E-state index contributed by atoms with van der Waals surface area (Å²) in [5, 5.41) is 21.7. The van der Waals surface area contributed by atoms with Crippen molar-refractivity contribution in [2.24, 2.45) is 10.2 Å². The summed E-state index contributed by atoms with van der Waals surface area (Å²) in [5.41, 5.74) is 0.528. The Balaban J connectivity index is 1.62. The molecule has 2 aromatic rings. The van der Waals surface area contributed by atoms with E-state index in [-0.39, 0.29) is 23.9 Å². The molecule has 122 valence electrons. The normalized spacial score (nSPS) is 19.1. The van der Waals surface area contributed by atoms with Gasteiger partial charge >= 0.3 is 0 Å². The number of aromatic hydroxyl groups is 1. The first-order valence-corrected chi connectivity index (χ1v) is 8.82. The van der Waals surface area contributed by atoms with Gasteiger partial charge in [-0.15, -0.1) is 16.4 Å². The predicted molar refractivity (Wildman–Crippen MR) is 95.9 cm³/mol. The molecule has 2 N–H and O–H groups in total. The van der Waals surface area contributed by atoms with E-state index in [1.165, 1.54) is 29.3 Å². The van der Waals surface area contributed by atoms with E-state index in [4.69, 9.17) is 0 Å². The number of thiophene rings is 1. The molecule has 3 rings (SSSR count). The van der Waals surface area contributed by atoms with Crippen molar-refractivity contribution in [2.45, 2.75) is 11.7 Å². The van der Waals surface area contributed by atoms with Gasteiger partial charge in [-0.2, -0.15) is 5.10 Å². The van der Waals surface area contributed by atoms with Crippen molar-refractivity contribution >= 4 is 46.2 Å². The molecule has 0 bridgehead atoms. The number of amides is 1. The molecular weight excluding hydrogens is 346 g/mol. The molecular formula is C16H13N3O3S2. The fourth-order valence-electron chi connectivity index (χ4n) is 2.03. The molecule has 0 spiro atoms. The second kappa shape index (κ2) is 7.41. The first-order valence-electron chi connectivity index (χ1n) is 7.07. The first-order chi connectivity index (χ1) is 11.6. The number of carbonyl (C=O) groups is 2. The van der Waals surface area contributed by atoms with E-state index >= 15 is 0 Å². The number of Topliss-reactive ketones (excluding diaryl/α,β-unsaturated/α-hetero) is 1. The van der Waals surface area contributed by atoms with Crippen LogP contribution in [0, 0.1) is 0 Å². The zero-order valence-electron chi connectivity index (χ0n) is 12.4. The molecule has 2 heterocycles. The number of hydrogen-bond donors (Lipinski definition) is 2. The van der Waals surface area contributed by atoms with Crippen LogP contribution in [0.2, 0.25) is 0 Å². The van der Waals surface area contributed by atoms with Gasteiger partial charge in [0.15, 0.2) is 11.0 Å². The molecule has 1 atom stereocenters. The van der Waals surface area contributed by atoms with Gasteiger partial charge in [0.1, 0.15) is 5.75 Å². The van der Waals surface area contributed by atoms with Crippen LogP contribution in [-0.4, -0.2) is 33.4 Å². The number of ketones is 1. The highest BCUT2D eigenvalue weighted by Crippen LogP contribution is 2.25. The maximum absolute atomic E-state index is 12.1. The van der Waals surface area contributed by atoms with Crippen LogP contribution in [0.4, 0.5) is 0 Å². The van der Waals surface area contributed by atoms with Gasteiger partial charge in [-0.1, -0.05) is 30.0 Å². The fourth-order valence-corrected chi connectivity index (χ4v) is 3.63. The van der Waals surface area contributed by atoms with E-state index in [0.717, 1.165) is 0 Å². The number of amidine groups is 1. The lowest BCUT2D eigenvalue weighted by Crippen LogP contribution is -2.26. The third-order valence-corrected chi connectivity index (χ3v) is 5.21. The first kappa shape index (κ1) is 16.4. The number of nitrogens with zero attached hydrogens (tertiary/aromatic N) is 2. The summed E-state index contributed by atoms with van der Waals surface area (Å²) in [5.74, 6) is -0.206. The van der Waals surface area contributed by atoms with Gasteiger partial charge in [0.05, 0.1) is 16.3 Å². The summed E-state index contributed by atoms with van der Waals surface area (Å²) in [6.45, 7) is 0. The monoisotopic (exact) mass is 359 g/mol. The van der Waals surface area contributed by atoms with Gasteiger partial charge in [-0.25, -0.2) is 0 Å². The Bertz CT molecular complexity index is 816. The van der Waals surface area contributed by atoms with E-state index in [1.807, 2.05) is 5.38 Å². The molecule has 0 radical (unpaired) electrons. The molecule has 8 heteroatoms. The Hall–Kier alpha value is -2.45. The third-order valence-electron chi connectivity index (χ3n) is 3.23. The van der Waals surface area contributed by atoms with Gasteiger partial charge in [0, 0.05) is 12.0 Å². The van der Waals surface area contributed by atoms with Crippen LogP contribution in [0.25, 0.3) is 0 Å². The standard InChI is InChI=1S/C16H13N3O3S2/c20-11-5-2-1-4-10(11)9-17-19-16-18-15(22)14(24-16)8-12(21)13-6-3-7-23-13/h1-7,9,14,20H,8H2,(H,18,19,22)/b17-9+. The summed E-state index contributed by atoms with van der Waals surface area (Å²) in [6, 6.07) is 10.3. The van der Waals surface area contributed by atoms with Crippen molar-refractivity contribution in [3.05, 3.63) is 52.2 Å². The minimum absolute atomic E-state index is 0.0587. The van der Waals surface area contributed by atoms with Crippen molar-refractivity contribution in [3.63, 3.8) is 0 Å². The average Bonchev–Trinajstić information content (AvgIpc) is 3.20. The molecule has 24 heavy (non-hydrogen) atoms. The number of thioether (sulfide) groups is 1. The van der Waals surface area contributed by atoms with E-state index < -0.39 is 5.25 Å². The third kappa shape index (κ3) is 3.90. The summed E-state index contributed by atoms with van der Waals surface area (Å²) in [6.07, 6.45) is 1.53. The molecule has 1 aromatic carbocycles. The average molecular weight is 359 g/mol. The Morgan fingerprint density at radius 1 is 1.29 bits per heavy atom. The van der Waals surface area contributed by atoms with E-state index in [1.54, 1.807) is 36.4 Å². The van der Waals surface area contributed by atoms with Crippen molar-refractivity contribution < 1.29 is 14.7 Å². The molecule has 1 aliphatic rings. The minimum atomic E-state index is -0.501. The molecule has 1 saturated heterocycles. The Morgan fingerprint density at radius 3 is 2.88 bits per heavy atom. The summed E-state index contributed by atoms with van der Waals surface area (Å²) in [7, 11) is 0. The molecule has 1 amide bonds. The van der Waals surface area contributed by atoms with Gasteiger partial charge in [0.2, 0.25) is 5.91 Å². The Morgan fingerprint density at radius 2 is 2.12 bits per heavy atom. The zero-order valence-corrected chi connectivity index (χ0v) is 14.0. The molecule has 6 nitrogen and oxygen atoms in total. The molecule has 1 aromatic heterocycles. The highest BCUT2D eigenvalue weighted by Gasteiger charge is 2.32. The van der Waals surface area contributed by atoms with E-state index in [2.05, 4.69) is 15.5 Å². The molecule has 1 fully saturated rings.